The maximum atomic E-state index is 9.05. The van der Waals surface area contributed by atoms with Gasteiger partial charge in [-0.05, 0) is 57.0 Å². The molecule has 2 bridgehead atoms. The summed E-state index contributed by atoms with van der Waals surface area (Å²) in [5.41, 5.74) is 0. The van der Waals surface area contributed by atoms with Crippen molar-refractivity contribution in [3.63, 3.8) is 0 Å². The summed E-state index contributed by atoms with van der Waals surface area (Å²) in [6.45, 7) is 8.56. The summed E-state index contributed by atoms with van der Waals surface area (Å²) >= 11 is 0. The van der Waals surface area contributed by atoms with Crippen LogP contribution in [0, 0.1) is 11.8 Å². The average molecular weight is 307 g/mol. The number of rotatable bonds is 4. The quantitative estimate of drug-likeness (QED) is 0.847. The molecule has 3 atom stereocenters. The smallest absolute Gasteiger partial charge is 0.0558 e. The molecule has 0 amide bonds. The van der Waals surface area contributed by atoms with Gasteiger partial charge in [0, 0.05) is 44.8 Å². The van der Waals surface area contributed by atoms with Crippen LogP contribution in [0.3, 0.4) is 0 Å². The van der Waals surface area contributed by atoms with Crippen molar-refractivity contribution in [3.05, 3.63) is 0 Å². The number of aliphatic hydroxyl groups excluding tert-OH is 1. The van der Waals surface area contributed by atoms with Gasteiger partial charge in [-0.3, -0.25) is 14.7 Å². The van der Waals surface area contributed by atoms with Crippen molar-refractivity contribution in [2.75, 3.05) is 52.4 Å². The van der Waals surface area contributed by atoms with Gasteiger partial charge < -0.3 is 5.11 Å². The summed E-state index contributed by atoms with van der Waals surface area (Å²) in [5.74, 6) is 2.12. The van der Waals surface area contributed by atoms with E-state index < -0.39 is 0 Å². The zero-order valence-corrected chi connectivity index (χ0v) is 14.0. The summed E-state index contributed by atoms with van der Waals surface area (Å²) in [6.07, 6.45) is 8.85. The molecule has 126 valence electrons. The second kappa shape index (κ2) is 6.76. The van der Waals surface area contributed by atoms with Crippen molar-refractivity contribution in [3.8, 4) is 0 Å². The molecule has 4 heteroatoms. The third kappa shape index (κ3) is 3.08. The van der Waals surface area contributed by atoms with E-state index in [0.29, 0.717) is 6.61 Å². The number of likely N-dealkylation sites (tertiary alicyclic amines) is 1. The Kier molecular flexibility index (Phi) is 4.72. The molecule has 1 N–H and O–H groups in total. The standard InChI is InChI=1S/C18H33N3O/c22-12-11-19-7-9-20(10-8-19)17-3-5-21(6-4-17)18-14-15-1-2-16(18)13-15/h15-18,22H,1-14H2/t15-,16+,18+/m1/s1. The fourth-order valence-electron chi connectivity index (χ4n) is 5.73. The van der Waals surface area contributed by atoms with Crippen molar-refractivity contribution in [2.45, 2.75) is 50.6 Å². The first-order chi connectivity index (χ1) is 10.8. The van der Waals surface area contributed by atoms with E-state index in [1.54, 1.807) is 0 Å². The van der Waals surface area contributed by atoms with Crippen LogP contribution in [0.1, 0.15) is 38.5 Å². The molecule has 0 unspecified atom stereocenters. The predicted molar refractivity (Wildman–Crippen MR) is 88.9 cm³/mol. The lowest BCUT2D eigenvalue weighted by Gasteiger charge is -2.45. The lowest BCUT2D eigenvalue weighted by molar-refractivity contribution is 0.0345. The van der Waals surface area contributed by atoms with E-state index in [1.807, 2.05) is 0 Å². The van der Waals surface area contributed by atoms with Crippen LogP contribution >= 0.6 is 0 Å². The van der Waals surface area contributed by atoms with Gasteiger partial charge in [0.15, 0.2) is 0 Å². The Morgan fingerprint density at radius 1 is 0.773 bits per heavy atom. The second-order valence-electron chi connectivity index (χ2n) is 8.11. The second-order valence-corrected chi connectivity index (χ2v) is 8.11. The monoisotopic (exact) mass is 307 g/mol. The maximum Gasteiger partial charge on any atom is 0.0558 e. The van der Waals surface area contributed by atoms with Crippen LogP contribution in [-0.2, 0) is 0 Å². The molecule has 0 radical (unpaired) electrons. The van der Waals surface area contributed by atoms with Crippen molar-refractivity contribution in [1.29, 1.82) is 0 Å². The van der Waals surface area contributed by atoms with E-state index in [-0.39, 0.29) is 0 Å². The average Bonchev–Trinajstić information content (AvgIpc) is 3.19. The van der Waals surface area contributed by atoms with Gasteiger partial charge in [0.05, 0.1) is 6.61 Å². The highest BCUT2D eigenvalue weighted by molar-refractivity contribution is 4.97. The van der Waals surface area contributed by atoms with Crippen molar-refractivity contribution in [2.24, 2.45) is 11.8 Å². The highest BCUT2D eigenvalue weighted by Gasteiger charge is 2.43. The molecule has 4 rings (SSSR count). The Hall–Kier alpha value is -0.160. The Balaban J connectivity index is 1.23. The lowest BCUT2D eigenvalue weighted by Crippen LogP contribution is -2.54. The number of hydrogen-bond donors (Lipinski definition) is 1. The minimum Gasteiger partial charge on any atom is -0.395 e. The molecule has 4 aliphatic rings. The van der Waals surface area contributed by atoms with E-state index in [0.717, 1.165) is 43.6 Å². The molecule has 4 fully saturated rings. The van der Waals surface area contributed by atoms with E-state index in [2.05, 4.69) is 14.7 Å². The lowest BCUT2D eigenvalue weighted by atomic mass is 9.91. The third-order valence-corrected chi connectivity index (χ3v) is 7.01. The summed E-state index contributed by atoms with van der Waals surface area (Å²) in [4.78, 5) is 7.98. The molecule has 0 aromatic heterocycles. The molecule has 2 aliphatic carbocycles. The molecule has 0 spiro atoms. The topological polar surface area (TPSA) is 30.0 Å². The highest BCUT2D eigenvalue weighted by Crippen LogP contribution is 2.47. The molecular weight excluding hydrogens is 274 g/mol. The van der Waals surface area contributed by atoms with Crippen LogP contribution in [-0.4, -0.2) is 84.3 Å². The molecule has 2 saturated heterocycles. The van der Waals surface area contributed by atoms with Crippen LogP contribution in [0.15, 0.2) is 0 Å². The number of aliphatic hydroxyl groups is 1. The molecule has 2 saturated carbocycles. The summed E-state index contributed by atoms with van der Waals surface area (Å²) in [5, 5.41) is 9.05. The van der Waals surface area contributed by atoms with Crippen molar-refractivity contribution in [1.82, 2.24) is 14.7 Å². The van der Waals surface area contributed by atoms with Gasteiger partial charge in [-0.15, -0.1) is 0 Å². The van der Waals surface area contributed by atoms with Crippen LogP contribution in [0.5, 0.6) is 0 Å². The Labute approximate surface area is 135 Å². The minimum atomic E-state index is 0.307. The highest BCUT2D eigenvalue weighted by atomic mass is 16.3. The van der Waals surface area contributed by atoms with Gasteiger partial charge in [-0.1, -0.05) is 6.42 Å². The molecule has 2 heterocycles. The third-order valence-electron chi connectivity index (χ3n) is 7.01. The van der Waals surface area contributed by atoms with Crippen LogP contribution in [0.2, 0.25) is 0 Å². The summed E-state index contributed by atoms with van der Waals surface area (Å²) in [6, 6.07) is 1.77. The van der Waals surface area contributed by atoms with Gasteiger partial charge in [0.25, 0.3) is 0 Å². The summed E-state index contributed by atoms with van der Waals surface area (Å²) in [7, 11) is 0. The first-order valence-electron chi connectivity index (χ1n) is 9.65. The number of nitrogens with zero attached hydrogens (tertiary/aromatic N) is 3. The Bertz CT molecular complexity index is 361. The van der Waals surface area contributed by atoms with Gasteiger partial charge in [-0.25, -0.2) is 0 Å². The molecule has 0 aromatic rings. The number of β-amino-alcohol motifs (C(OH)–C–C–N with tert-alkyl or cyclic N) is 1. The minimum absolute atomic E-state index is 0.307. The molecule has 4 nitrogen and oxygen atoms in total. The zero-order valence-electron chi connectivity index (χ0n) is 14.0. The van der Waals surface area contributed by atoms with Crippen LogP contribution < -0.4 is 0 Å². The van der Waals surface area contributed by atoms with E-state index in [9.17, 15) is 0 Å². The van der Waals surface area contributed by atoms with E-state index in [4.69, 9.17) is 5.11 Å². The van der Waals surface area contributed by atoms with Gasteiger partial charge in [0.1, 0.15) is 0 Å². The SMILES string of the molecule is OCCN1CCN(C2CCN([C@H]3C[C@@H]4CC[C@H]3C4)CC2)CC1. The molecule has 2 aliphatic heterocycles. The fourth-order valence-corrected chi connectivity index (χ4v) is 5.73. The number of piperazine rings is 1. The molecule has 0 aromatic carbocycles. The number of fused-ring (bicyclic) bond motifs is 2. The zero-order chi connectivity index (χ0) is 14.9. The summed E-state index contributed by atoms with van der Waals surface area (Å²) < 4.78 is 0. The Morgan fingerprint density at radius 3 is 2.14 bits per heavy atom. The van der Waals surface area contributed by atoms with E-state index in [1.165, 1.54) is 64.7 Å². The Morgan fingerprint density at radius 2 is 1.55 bits per heavy atom. The van der Waals surface area contributed by atoms with Crippen molar-refractivity contribution >= 4 is 0 Å². The normalized spacial score (nSPS) is 38.9. The maximum absolute atomic E-state index is 9.05. The number of piperidine rings is 1. The first-order valence-corrected chi connectivity index (χ1v) is 9.65. The van der Waals surface area contributed by atoms with E-state index >= 15 is 0 Å². The van der Waals surface area contributed by atoms with Gasteiger partial charge >= 0.3 is 0 Å². The van der Waals surface area contributed by atoms with Crippen LogP contribution in [0.4, 0.5) is 0 Å². The largest absolute Gasteiger partial charge is 0.395 e. The first kappa shape index (κ1) is 15.4. The molecular formula is C18H33N3O. The van der Waals surface area contributed by atoms with Gasteiger partial charge in [-0.2, -0.15) is 0 Å². The van der Waals surface area contributed by atoms with Gasteiger partial charge in [0.2, 0.25) is 0 Å². The van der Waals surface area contributed by atoms with Crippen LogP contribution in [0.25, 0.3) is 0 Å². The predicted octanol–water partition coefficient (Wildman–Crippen LogP) is 1.25. The van der Waals surface area contributed by atoms with Crippen molar-refractivity contribution < 1.29 is 5.11 Å². The number of hydrogen-bond acceptors (Lipinski definition) is 4. The fraction of sp³-hybridized carbons (Fsp3) is 1.00. The molecule has 22 heavy (non-hydrogen) atoms.